The van der Waals surface area contributed by atoms with Crippen LogP contribution in [0.1, 0.15) is 18.8 Å². The molecule has 0 aliphatic carbocycles. The maximum Gasteiger partial charge on any atom is 0.176 e. The molecule has 4 aromatic rings. The fourth-order valence-corrected chi connectivity index (χ4v) is 2.98. The van der Waals surface area contributed by atoms with Crippen molar-refractivity contribution in [3.05, 3.63) is 54.9 Å². The van der Waals surface area contributed by atoms with Crippen molar-refractivity contribution < 1.29 is 9.15 Å². The van der Waals surface area contributed by atoms with Crippen molar-refractivity contribution >= 4 is 11.0 Å². The monoisotopic (exact) mass is 337 g/mol. The Balaban J connectivity index is 1.70. The van der Waals surface area contributed by atoms with Crippen LogP contribution < -0.4 is 0 Å². The molecule has 4 rings (SSSR count). The molecule has 1 atom stereocenters. The van der Waals surface area contributed by atoms with E-state index in [1.165, 1.54) is 0 Å². The highest BCUT2D eigenvalue weighted by Gasteiger charge is 2.20. The van der Waals surface area contributed by atoms with Crippen LogP contribution in [0.4, 0.5) is 0 Å². The Labute approximate surface area is 144 Å². The highest BCUT2D eigenvalue weighted by Crippen LogP contribution is 2.29. The average molecular weight is 337 g/mol. The molecule has 0 fully saturated rings. The fraction of sp³-hybridized carbons (Fsp3) is 0.278. The van der Waals surface area contributed by atoms with E-state index in [1.807, 2.05) is 45.7 Å². The van der Waals surface area contributed by atoms with Gasteiger partial charge in [0.2, 0.25) is 0 Å². The number of benzene rings is 1. The lowest BCUT2D eigenvalue weighted by molar-refractivity contribution is 0.185. The van der Waals surface area contributed by atoms with Crippen LogP contribution >= 0.6 is 0 Å². The van der Waals surface area contributed by atoms with Crippen LogP contribution in [0.3, 0.4) is 0 Å². The Hall–Kier alpha value is -2.93. The van der Waals surface area contributed by atoms with Gasteiger partial charge in [-0.05, 0) is 19.1 Å². The minimum Gasteiger partial charge on any atom is -0.453 e. The molecule has 128 valence electrons. The highest BCUT2D eigenvalue weighted by atomic mass is 16.5. The highest BCUT2D eigenvalue weighted by molar-refractivity contribution is 5.81. The number of rotatable bonds is 6. The van der Waals surface area contributed by atoms with Gasteiger partial charge < -0.3 is 18.3 Å². The first-order valence-electron chi connectivity index (χ1n) is 8.16. The third-order valence-electron chi connectivity index (χ3n) is 4.29. The van der Waals surface area contributed by atoms with Crippen molar-refractivity contribution in [2.45, 2.75) is 19.5 Å². The molecule has 0 aliphatic rings. The van der Waals surface area contributed by atoms with Gasteiger partial charge in [-0.2, -0.15) is 0 Å². The van der Waals surface area contributed by atoms with Gasteiger partial charge >= 0.3 is 0 Å². The summed E-state index contributed by atoms with van der Waals surface area (Å²) in [5, 5.41) is 9.38. The van der Waals surface area contributed by atoms with Gasteiger partial charge in [0.05, 0.1) is 12.6 Å². The average Bonchev–Trinajstić information content (AvgIpc) is 3.37. The van der Waals surface area contributed by atoms with E-state index in [-0.39, 0.29) is 6.04 Å². The molecule has 0 amide bonds. The second-order valence-corrected chi connectivity index (χ2v) is 5.86. The molecule has 0 saturated carbocycles. The Kier molecular flexibility index (Phi) is 4.07. The summed E-state index contributed by atoms with van der Waals surface area (Å²) in [5.41, 5.74) is 0.850. The molecule has 0 bridgehead atoms. The summed E-state index contributed by atoms with van der Waals surface area (Å²) in [6.07, 6.45) is 5.43. The fourth-order valence-electron chi connectivity index (χ4n) is 2.98. The number of fused-ring (bicyclic) bond motifs is 1. The number of hydrogen-bond acceptors (Lipinski definition) is 5. The van der Waals surface area contributed by atoms with Gasteiger partial charge in [0.15, 0.2) is 17.4 Å². The Morgan fingerprint density at radius 1 is 1.28 bits per heavy atom. The first-order valence-corrected chi connectivity index (χ1v) is 8.16. The minimum absolute atomic E-state index is 0.0370. The van der Waals surface area contributed by atoms with E-state index >= 15 is 0 Å². The molecule has 1 aromatic carbocycles. The van der Waals surface area contributed by atoms with Crippen molar-refractivity contribution in [1.82, 2.24) is 24.3 Å². The molecule has 0 aliphatic heterocycles. The third-order valence-corrected chi connectivity index (χ3v) is 4.29. The summed E-state index contributed by atoms with van der Waals surface area (Å²) in [4.78, 5) is 4.49. The molecule has 0 radical (unpaired) electrons. The first-order chi connectivity index (χ1) is 12.3. The van der Waals surface area contributed by atoms with Crippen LogP contribution in [0.15, 0.2) is 53.5 Å². The predicted molar refractivity (Wildman–Crippen MR) is 93.1 cm³/mol. The standard InChI is InChI=1S/C18H19N5O2/c1-13(17-21-20-12-22(17)9-10-24-2)23-8-7-19-18(23)16-11-14-5-3-4-6-15(14)25-16/h3-8,11-13H,9-10H2,1-2H3. The normalized spacial score (nSPS) is 12.7. The van der Waals surface area contributed by atoms with Gasteiger partial charge in [-0.1, -0.05) is 18.2 Å². The van der Waals surface area contributed by atoms with Gasteiger partial charge in [-0.3, -0.25) is 0 Å². The van der Waals surface area contributed by atoms with Crippen molar-refractivity contribution in [2.75, 3.05) is 13.7 Å². The maximum absolute atomic E-state index is 5.97. The first kappa shape index (κ1) is 15.6. The second kappa shape index (κ2) is 6.52. The topological polar surface area (TPSA) is 70.9 Å². The Morgan fingerprint density at radius 3 is 3.00 bits per heavy atom. The molecule has 7 heteroatoms. The molecule has 0 saturated heterocycles. The van der Waals surface area contributed by atoms with E-state index in [9.17, 15) is 0 Å². The van der Waals surface area contributed by atoms with Gasteiger partial charge in [-0.25, -0.2) is 4.98 Å². The summed E-state index contributed by atoms with van der Waals surface area (Å²) in [5.74, 6) is 2.36. The number of aromatic nitrogens is 5. The number of furan rings is 1. The van der Waals surface area contributed by atoms with Crippen LogP contribution in [0.2, 0.25) is 0 Å². The summed E-state index contributed by atoms with van der Waals surface area (Å²) >= 11 is 0. The molecular weight excluding hydrogens is 318 g/mol. The Bertz CT molecular complexity index is 951. The number of hydrogen-bond donors (Lipinski definition) is 0. The molecule has 7 nitrogen and oxygen atoms in total. The number of para-hydroxylation sites is 1. The van der Waals surface area contributed by atoms with Crippen LogP contribution in [-0.4, -0.2) is 38.0 Å². The number of methoxy groups -OCH3 is 1. The lowest BCUT2D eigenvalue weighted by atomic mass is 10.2. The summed E-state index contributed by atoms with van der Waals surface area (Å²) in [6.45, 7) is 3.39. The van der Waals surface area contributed by atoms with Crippen molar-refractivity contribution in [2.24, 2.45) is 0 Å². The second-order valence-electron chi connectivity index (χ2n) is 5.86. The maximum atomic E-state index is 5.97. The largest absolute Gasteiger partial charge is 0.453 e. The van der Waals surface area contributed by atoms with Crippen LogP contribution in [-0.2, 0) is 11.3 Å². The predicted octanol–water partition coefficient (Wildman–Crippen LogP) is 3.14. The van der Waals surface area contributed by atoms with Crippen molar-refractivity contribution in [3.63, 3.8) is 0 Å². The van der Waals surface area contributed by atoms with Crippen molar-refractivity contribution in [3.8, 4) is 11.6 Å². The number of ether oxygens (including phenoxy) is 1. The smallest absolute Gasteiger partial charge is 0.176 e. The molecule has 3 heterocycles. The molecule has 25 heavy (non-hydrogen) atoms. The van der Waals surface area contributed by atoms with E-state index < -0.39 is 0 Å². The van der Waals surface area contributed by atoms with Gasteiger partial charge in [0, 0.05) is 31.4 Å². The van der Waals surface area contributed by atoms with Crippen molar-refractivity contribution in [1.29, 1.82) is 0 Å². The zero-order valence-electron chi connectivity index (χ0n) is 14.2. The summed E-state index contributed by atoms with van der Waals surface area (Å²) < 4.78 is 15.2. The van der Waals surface area contributed by atoms with Gasteiger partial charge in [0.1, 0.15) is 11.9 Å². The zero-order chi connectivity index (χ0) is 17.2. The van der Waals surface area contributed by atoms with Gasteiger partial charge in [0.25, 0.3) is 0 Å². The van der Waals surface area contributed by atoms with E-state index in [0.717, 1.165) is 28.4 Å². The van der Waals surface area contributed by atoms with Crippen LogP contribution in [0.5, 0.6) is 0 Å². The molecule has 0 N–H and O–H groups in total. The molecular formula is C18H19N5O2. The minimum atomic E-state index is -0.0370. The van der Waals surface area contributed by atoms with E-state index in [2.05, 4.69) is 22.1 Å². The van der Waals surface area contributed by atoms with Gasteiger partial charge in [-0.15, -0.1) is 10.2 Å². The number of nitrogens with zero attached hydrogens (tertiary/aromatic N) is 5. The van der Waals surface area contributed by atoms with E-state index in [4.69, 9.17) is 9.15 Å². The van der Waals surface area contributed by atoms with E-state index in [0.29, 0.717) is 13.2 Å². The van der Waals surface area contributed by atoms with Crippen LogP contribution in [0, 0.1) is 0 Å². The molecule has 0 spiro atoms. The number of imidazole rings is 1. The molecule has 1 unspecified atom stereocenters. The van der Waals surface area contributed by atoms with Crippen LogP contribution in [0.25, 0.3) is 22.6 Å². The summed E-state index contributed by atoms with van der Waals surface area (Å²) in [7, 11) is 1.68. The van der Waals surface area contributed by atoms with E-state index in [1.54, 1.807) is 19.6 Å². The molecule has 3 aromatic heterocycles. The SMILES string of the molecule is COCCn1cnnc1C(C)n1ccnc1-c1cc2ccccc2o1. The quantitative estimate of drug-likeness (QED) is 0.540. The lowest BCUT2D eigenvalue weighted by Gasteiger charge is -2.16. The summed E-state index contributed by atoms with van der Waals surface area (Å²) in [6, 6.07) is 9.91. The lowest BCUT2D eigenvalue weighted by Crippen LogP contribution is -2.15. The third kappa shape index (κ3) is 2.83. The Morgan fingerprint density at radius 2 is 2.16 bits per heavy atom. The zero-order valence-corrected chi connectivity index (χ0v) is 14.2.